The van der Waals surface area contributed by atoms with E-state index in [9.17, 15) is 9.00 Å². The number of carbonyl (C=O) groups excluding carboxylic acids is 1. The van der Waals surface area contributed by atoms with Gasteiger partial charge in [-0.2, -0.15) is 5.26 Å². The molecule has 3 rings (SSSR count). The van der Waals surface area contributed by atoms with Gasteiger partial charge in [-0.1, -0.05) is 18.2 Å². The number of hydrogen-bond acceptors (Lipinski definition) is 6. The molecule has 3 atom stereocenters. The molecule has 0 radical (unpaired) electrons. The fraction of sp³-hybridized carbons (Fsp3) is 0.375. The lowest BCUT2D eigenvalue weighted by Gasteiger charge is -2.44. The van der Waals surface area contributed by atoms with Gasteiger partial charge in [-0.15, -0.1) is 0 Å². The van der Waals surface area contributed by atoms with Crippen LogP contribution >= 0.6 is 11.6 Å². The van der Waals surface area contributed by atoms with Crippen molar-refractivity contribution in [3.63, 3.8) is 0 Å². The Kier molecular flexibility index (Phi) is 6.80. The molecule has 1 aromatic rings. The Bertz CT molecular complexity index is 1330. The van der Waals surface area contributed by atoms with Crippen LogP contribution in [0, 0.1) is 11.3 Å². The molecule has 1 amide bonds. The minimum absolute atomic E-state index is 0.0475. The quantitative estimate of drug-likeness (QED) is 0.578. The monoisotopic (exact) mass is 503 g/mol. The summed E-state index contributed by atoms with van der Waals surface area (Å²) in [6.07, 6.45) is 3.05. The maximum Gasteiger partial charge on any atom is 0.256 e. The van der Waals surface area contributed by atoms with E-state index in [-0.39, 0.29) is 22.0 Å². The van der Waals surface area contributed by atoms with Crippen molar-refractivity contribution in [1.82, 2.24) is 5.32 Å². The average Bonchev–Trinajstić information content (AvgIpc) is 3.20. The lowest BCUT2D eigenvalue weighted by molar-refractivity contribution is 0.0966. The molecule has 0 spiro atoms. The summed E-state index contributed by atoms with van der Waals surface area (Å²) in [4.78, 5) is 17.0. The molecule has 0 bridgehead atoms. The van der Waals surface area contributed by atoms with Crippen molar-refractivity contribution < 1.29 is 13.4 Å². The Morgan fingerprint density at radius 2 is 2.09 bits per heavy atom. The maximum atomic E-state index is 15.2. The summed E-state index contributed by atoms with van der Waals surface area (Å²) in [6, 6.07) is 6.26. The van der Waals surface area contributed by atoms with Crippen LogP contribution in [-0.4, -0.2) is 38.0 Å². The number of hydrogen-bond donors (Lipinski definition) is 2. The van der Waals surface area contributed by atoms with Gasteiger partial charge >= 0.3 is 0 Å². The van der Waals surface area contributed by atoms with Gasteiger partial charge in [-0.25, -0.2) is 13.0 Å². The van der Waals surface area contributed by atoms with Gasteiger partial charge in [0.1, 0.15) is 21.9 Å². The second kappa shape index (κ2) is 9.01. The molecule has 1 aromatic carbocycles. The minimum Gasteiger partial charge on any atom is -0.386 e. The lowest BCUT2D eigenvalue weighted by Crippen LogP contribution is -2.60. The molecule has 180 valence electrons. The third kappa shape index (κ3) is 4.17. The van der Waals surface area contributed by atoms with E-state index in [1.54, 1.807) is 27.7 Å². The van der Waals surface area contributed by atoms with Gasteiger partial charge < -0.3 is 11.1 Å². The number of amides is 1. The molecular formula is C24H27ClFN5O2S. The number of aliphatic imine (C=N–C) groups is 1. The van der Waals surface area contributed by atoms with Gasteiger partial charge in [0, 0.05) is 17.8 Å². The standard InChI is InChI=1S/C24H27ClFN5O2S/c1-14(30-21(32)17-8-7-16(13-27)12-18(17)25)6-9-19(26)15(2)24(5)20-10-11-29-34(20,33)23(3,4)22(28)31-24/h6-9,12,20H,2,10-11H2,1,3-5H3,(H2,28,31)(H,30,32)/b14-6+,19-9+/t20-,24+,34+/m0/s1. The van der Waals surface area contributed by atoms with Gasteiger partial charge in [0.15, 0.2) is 0 Å². The van der Waals surface area contributed by atoms with E-state index < -0.39 is 37.0 Å². The van der Waals surface area contributed by atoms with E-state index >= 15 is 4.39 Å². The Balaban J connectivity index is 1.84. The number of nitrogens with zero attached hydrogens (tertiary/aromatic N) is 3. The van der Waals surface area contributed by atoms with Crippen LogP contribution in [0.4, 0.5) is 4.39 Å². The zero-order valence-electron chi connectivity index (χ0n) is 19.5. The maximum absolute atomic E-state index is 15.2. The van der Waals surface area contributed by atoms with Crippen molar-refractivity contribution in [2.24, 2.45) is 15.1 Å². The highest BCUT2D eigenvalue weighted by Gasteiger charge is 2.56. The van der Waals surface area contributed by atoms with Crippen molar-refractivity contribution in [2.45, 2.75) is 49.7 Å². The number of rotatable bonds is 5. The van der Waals surface area contributed by atoms with Crippen LogP contribution in [0.25, 0.3) is 0 Å². The number of carbonyl (C=O) groups is 1. The van der Waals surface area contributed by atoms with E-state index in [1.807, 2.05) is 6.07 Å². The second-order valence-corrected chi connectivity index (χ2v) is 12.3. The van der Waals surface area contributed by atoms with Crippen molar-refractivity contribution in [3.05, 3.63) is 70.2 Å². The third-order valence-corrected chi connectivity index (χ3v) is 10.4. The minimum atomic E-state index is -2.79. The first-order chi connectivity index (χ1) is 15.8. The number of halogens is 2. The van der Waals surface area contributed by atoms with Crippen LogP contribution < -0.4 is 11.1 Å². The van der Waals surface area contributed by atoms with Crippen LogP contribution in [0.3, 0.4) is 0 Å². The summed E-state index contributed by atoms with van der Waals surface area (Å²) in [5.74, 6) is -1.01. The predicted molar refractivity (Wildman–Crippen MR) is 134 cm³/mol. The first kappa shape index (κ1) is 25.7. The molecule has 0 unspecified atom stereocenters. The molecule has 2 aliphatic rings. The summed E-state index contributed by atoms with van der Waals surface area (Å²) in [7, 11) is -2.79. The fourth-order valence-corrected chi connectivity index (χ4v) is 7.57. The number of amidine groups is 1. The summed E-state index contributed by atoms with van der Waals surface area (Å²) >= 11 is 6.08. The Hall–Kier alpha value is -2.96. The summed E-state index contributed by atoms with van der Waals surface area (Å²) in [5.41, 5.74) is 5.88. The first-order valence-electron chi connectivity index (χ1n) is 10.6. The van der Waals surface area contributed by atoms with E-state index in [2.05, 4.69) is 21.3 Å². The van der Waals surface area contributed by atoms with Crippen molar-refractivity contribution in [3.8, 4) is 6.07 Å². The molecule has 3 N–H and O–H groups in total. The normalized spacial score (nSPS) is 28.3. The number of allylic oxidation sites excluding steroid dienone is 3. The van der Waals surface area contributed by atoms with Crippen molar-refractivity contribution >= 4 is 33.1 Å². The molecule has 7 nitrogen and oxygen atoms in total. The topological polar surface area (TPSA) is 121 Å². The highest BCUT2D eigenvalue weighted by Crippen LogP contribution is 2.46. The van der Waals surface area contributed by atoms with E-state index in [4.69, 9.17) is 22.6 Å². The SMILES string of the molecule is C=C(/C(F)=C\C=C(/C)NC(=O)c1ccc(C#N)cc1Cl)[C@@]1(C)N=C(N)C(C)(C)[S@@]2(=O)=NCC[C@@H]12. The van der Waals surface area contributed by atoms with Crippen molar-refractivity contribution in [1.29, 1.82) is 5.26 Å². The second-order valence-electron chi connectivity index (χ2n) is 8.96. The number of nitriles is 1. The molecular weight excluding hydrogens is 477 g/mol. The number of benzene rings is 1. The number of nitrogens with one attached hydrogen (secondary N) is 1. The summed E-state index contributed by atoms with van der Waals surface area (Å²) in [6.45, 7) is 11.1. The first-order valence-corrected chi connectivity index (χ1v) is 12.6. The highest BCUT2D eigenvalue weighted by molar-refractivity contribution is 7.96. The molecule has 0 fully saturated rings. The van der Waals surface area contributed by atoms with Gasteiger partial charge in [-0.05, 0) is 64.5 Å². The average molecular weight is 504 g/mol. The van der Waals surface area contributed by atoms with E-state index in [0.717, 1.165) is 0 Å². The van der Waals surface area contributed by atoms with E-state index in [1.165, 1.54) is 30.4 Å². The largest absolute Gasteiger partial charge is 0.386 e. The molecule has 2 aliphatic heterocycles. The Labute approximate surface area is 204 Å². The van der Waals surface area contributed by atoms with Crippen LogP contribution in [0.1, 0.15) is 50.0 Å². The van der Waals surface area contributed by atoms with Crippen molar-refractivity contribution in [2.75, 3.05) is 6.54 Å². The van der Waals surface area contributed by atoms with Crippen LogP contribution in [0.2, 0.25) is 5.02 Å². The van der Waals surface area contributed by atoms with E-state index in [0.29, 0.717) is 24.2 Å². The lowest BCUT2D eigenvalue weighted by atomic mass is 9.86. The smallest absolute Gasteiger partial charge is 0.256 e. The van der Waals surface area contributed by atoms with Gasteiger partial charge in [0.05, 0.1) is 37.2 Å². The molecule has 10 heteroatoms. The predicted octanol–water partition coefficient (Wildman–Crippen LogP) is 4.40. The molecule has 2 heterocycles. The molecule has 34 heavy (non-hydrogen) atoms. The highest BCUT2D eigenvalue weighted by atomic mass is 35.5. The van der Waals surface area contributed by atoms with Crippen LogP contribution in [0.15, 0.2) is 63.4 Å². The molecule has 0 aromatic heterocycles. The Morgan fingerprint density at radius 1 is 1.41 bits per heavy atom. The zero-order valence-corrected chi connectivity index (χ0v) is 21.1. The molecule has 0 saturated heterocycles. The van der Waals surface area contributed by atoms with Crippen LogP contribution in [0.5, 0.6) is 0 Å². The Morgan fingerprint density at radius 3 is 2.71 bits per heavy atom. The van der Waals surface area contributed by atoms with Gasteiger partial charge in [0.2, 0.25) is 0 Å². The molecule has 0 saturated carbocycles. The number of fused-ring (bicyclic) bond motifs is 1. The number of nitrogens with two attached hydrogens (primary N) is 1. The third-order valence-electron chi connectivity index (χ3n) is 6.42. The molecule has 0 aliphatic carbocycles. The van der Waals surface area contributed by atoms with Gasteiger partial charge in [-0.3, -0.25) is 9.79 Å². The zero-order chi connectivity index (χ0) is 25.5. The fourth-order valence-electron chi connectivity index (χ4n) is 4.13. The summed E-state index contributed by atoms with van der Waals surface area (Å²) in [5, 5.41) is 11.2. The van der Waals surface area contributed by atoms with Crippen LogP contribution in [-0.2, 0) is 9.73 Å². The summed E-state index contributed by atoms with van der Waals surface area (Å²) < 4.78 is 32.4. The van der Waals surface area contributed by atoms with Gasteiger partial charge in [0.25, 0.3) is 5.91 Å².